The third-order valence-electron chi connectivity index (χ3n) is 8.03. The largest absolute Gasteiger partial charge is 0.274 e. The third-order valence-corrected chi connectivity index (χ3v) is 8.66. The number of hydrogen-bond acceptors (Lipinski definition) is 4. The van der Waals surface area contributed by atoms with Gasteiger partial charge in [0.1, 0.15) is 0 Å². The number of carbonyl (C=O) groups excluding carboxylic acids is 2. The van der Waals surface area contributed by atoms with Gasteiger partial charge in [0.25, 0.3) is 5.69 Å². The monoisotopic (exact) mass is 502 g/mol. The first-order valence-corrected chi connectivity index (χ1v) is 11.5. The SMILES string of the molecule is CC12c3ccccc3C(C)(c3ccccc31)[C@@H]1C(=O)N(c3ccc([N+](=O)[O-])cc3Br)C(=O)[C@H]12. The fourth-order valence-electron chi connectivity index (χ4n) is 6.60. The molecule has 0 unspecified atom stereocenters. The standard InChI is InChI=1S/C26H19BrN2O4/c1-25-15-7-3-5-9-17(15)26(2,18-10-6-4-8-16(18)25)22-21(25)23(30)28(24(22)31)20-12-11-14(29(32)33)13-19(20)27/h3-13,21-22H,1-2H3/t21-,22-,25?,26?/m0/s1. The van der Waals surface area contributed by atoms with Crippen LogP contribution in [0.25, 0.3) is 0 Å². The quantitative estimate of drug-likeness (QED) is 0.277. The van der Waals surface area contributed by atoms with Crippen LogP contribution in [-0.2, 0) is 20.4 Å². The molecule has 2 atom stereocenters. The highest BCUT2D eigenvalue weighted by molar-refractivity contribution is 9.10. The Kier molecular flexibility index (Phi) is 3.93. The average molecular weight is 503 g/mol. The molecule has 3 aliphatic carbocycles. The molecule has 4 aliphatic rings. The molecular formula is C26H19BrN2O4. The topological polar surface area (TPSA) is 80.5 Å². The number of nitro groups is 1. The van der Waals surface area contributed by atoms with Crippen LogP contribution in [0, 0.1) is 22.0 Å². The first-order chi connectivity index (χ1) is 15.7. The summed E-state index contributed by atoms with van der Waals surface area (Å²) in [7, 11) is 0. The van der Waals surface area contributed by atoms with E-state index in [1.807, 2.05) is 24.3 Å². The van der Waals surface area contributed by atoms with E-state index in [4.69, 9.17) is 0 Å². The van der Waals surface area contributed by atoms with Gasteiger partial charge < -0.3 is 0 Å². The first kappa shape index (κ1) is 20.3. The Morgan fingerprint density at radius 2 is 1.24 bits per heavy atom. The van der Waals surface area contributed by atoms with E-state index in [0.29, 0.717) is 10.2 Å². The Hall–Kier alpha value is -3.32. The molecule has 1 aliphatic heterocycles. The zero-order chi connectivity index (χ0) is 23.3. The Labute approximate surface area is 198 Å². The van der Waals surface area contributed by atoms with E-state index in [1.54, 1.807) is 0 Å². The van der Waals surface area contributed by atoms with E-state index in [1.165, 1.54) is 23.1 Å². The van der Waals surface area contributed by atoms with Gasteiger partial charge in [-0.05, 0) is 44.3 Å². The van der Waals surface area contributed by atoms with Gasteiger partial charge in [-0.3, -0.25) is 19.7 Å². The first-order valence-electron chi connectivity index (χ1n) is 10.7. The molecule has 6 nitrogen and oxygen atoms in total. The maximum absolute atomic E-state index is 14.0. The van der Waals surface area contributed by atoms with Crippen LogP contribution >= 0.6 is 15.9 Å². The summed E-state index contributed by atoms with van der Waals surface area (Å²) in [5.74, 6) is -1.67. The summed E-state index contributed by atoms with van der Waals surface area (Å²) in [6.07, 6.45) is 0. The molecule has 1 heterocycles. The lowest BCUT2D eigenvalue weighted by Gasteiger charge is -2.57. The van der Waals surface area contributed by atoms with Crippen molar-refractivity contribution in [3.8, 4) is 0 Å². The molecule has 0 radical (unpaired) electrons. The highest BCUT2D eigenvalue weighted by Gasteiger charge is 2.70. The number of carbonyl (C=O) groups is 2. The van der Waals surface area contributed by atoms with Crippen molar-refractivity contribution in [1.29, 1.82) is 0 Å². The Morgan fingerprint density at radius 1 is 0.818 bits per heavy atom. The third kappa shape index (κ3) is 2.23. The van der Waals surface area contributed by atoms with E-state index < -0.39 is 27.6 Å². The van der Waals surface area contributed by atoms with Gasteiger partial charge in [-0.25, -0.2) is 4.90 Å². The van der Waals surface area contributed by atoms with Crippen molar-refractivity contribution in [2.24, 2.45) is 11.8 Å². The molecule has 1 fully saturated rings. The van der Waals surface area contributed by atoms with Gasteiger partial charge in [-0.15, -0.1) is 0 Å². The molecule has 164 valence electrons. The zero-order valence-electron chi connectivity index (χ0n) is 17.9. The van der Waals surface area contributed by atoms with E-state index in [-0.39, 0.29) is 17.5 Å². The van der Waals surface area contributed by atoms with Gasteiger partial charge in [0.2, 0.25) is 11.8 Å². The number of benzene rings is 3. The number of amides is 2. The Bertz CT molecular complexity index is 1290. The lowest BCUT2D eigenvalue weighted by Crippen LogP contribution is -2.59. The molecule has 33 heavy (non-hydrogen) atoms. The van der Waals surface area contributed by atoms with Crippen LogP contribution in [0.4, 0.5) is 11.4 Å². The van der Waals surface area contributed by atoms with Crippen molar-refractivity contribution in [3.05, 3.63) is 104 Å². The maximum Gasteiger partial charge on any atom is 0.270 e. The number of halogens is 1. The van der Waals surface area contributed by atoms with Crippen LogP contribution < -0.4 is 4.90 Å². The summed E-state index contributed by atoms with van der Waals surface area (Å²) < 4.78 is 0.342. The summed E-state index contributed by atoms with van der Waals surface area (Å²) in [5.41, 5.74) is 3.23. The highest BCUT2D eigenvalue weighted by atomic mass is 79.9. The minimum Gasteiger partial charge on any atom is -0.274 e. The second-order valence-electron chi connectivity index (χ2n) is 9.36. The lowest BCUT2D eigenvalue weighted by molar-refractivity contribution is -0.384. The van der Waals surface area contributed by atoms with Crippen molar-refractivity contribution < 1.29 is 14.5 Å². The van der Waals surface area contributed by atoms with Gasteiger partial charge in [0, 0.05) is 27.4 Å². The van der Waals surface area contributed by atoms with Crippen LogP contribution in [0.3, 0.4) is 0 Å². The predicted molar refractivity (Wildman–Crippen MR) is 126 cm³/mol. The van der Waals surface area contributed by atoms with Crippen LogP contribution in [0.2, 0.25) is 0 Å². The smallest absolute Gasteiger partial charge is 0.270 e. The molecule has 7 rings (SSSR count). The number of rotatable bonds is 2. The molecule has 2 amide bonds. The van der Waals surface area contributed by atoms with E-state index >= 15 is 0 Å². The zero-order valence-corrected chi connectivity index (χ0v) is 19.5. The fraction of sp³-hybridized carbons (Fsp3) is 0.231. The summed E-state index contributed by atoms with van der Waals surface area (Å²) in [5, 5.41) is 11.2. The second-order valence-corrected chi connectivity index (χ2v) is 10.2. The van der Waals surface area contributed by atoms with Crippen LogP contribution in [-0.4, -0.2) is 16.7 Å². The Balaban J connectivity index is 1.61. The molecule has 7 heteroatoms. The fourth-order valence-corrected chi connectivity index (χ4v) is 7.14. The van der Waals surface area contributed by atoms with Crippen LogP contribution in [0.15, 0.2) is 71.2 Å². The van der Waals surface area contributed by atoms with Crippen LogP contribution in [0.1, 0.15) is 36.1 Å². The molecule has 0 saturated carbocycles. The van der Waals surface area contributed by atoms with E-state index in [0.717, 1.165) is 22.3 Å². The van der Waals surface area contributed by atoms with Crippen LogP contribution in [0.5, 0.6) is 0 Å². The Morgan fingerprint density at radius 3 is 1.61 bits per heavy atom. The summed E-state index contributed by atoms with van der Waals surface area (Å²) in [4.78, 5) is 40.0. The minimum absolute atomic E-state index is 0.110. The summed E-state index contributed by atoms with van der Waals surface area (Å²) in [6.45, 7) is 4.14. The van der Waals surface area contributed by atoms with Crippen molar-refractivity contribution in [1.82, 2.24) is 0 Å². The molecule has 2 bridgehead atoms. The van der Waals surface area contributed by atoms with E-state index in [2.05, 4.69) is 54.0 Å². The number of non-ortho nitro benzene ring substituents is 1. The van der Waals surface area contributed by atoms with Crippen molar-refractivity contribution in [3.63, 3.8) is 0 Å². The molecule has 0 N–H and O–H groups in total. The molecule has 0 aromatic heterocycles. The number of nitro benzene ring substituents is 1. The minimum atomic E-state index is -0.662. The second kappa shape index (κ2) is 6.38. The number of anilines is 1. The molecule has 1 saturated heterocycles. The van der Waals surface area contributed by atoms with Crippen molar-refractivity contribution >= 4 is 39.1 Å². The molecule has 3 aromatic carbocycles. The van der Waals surface area contributed by atoms with Gasteiger partial charge in [-0.1, -0.05) is 62.4 Å². The van der Waals surface area contributed by atoms with Gasteiger partial charge in [0.05, 0.1) is 22.4 Å². The number of imide groups is 1. The van der Waals surface area contributed by atoms with Gasteiger partial charge >= 0.3 is 0 Å². The lowest BCUT2D eigenvalue weighted by atomic mass is 9.42. The normalized spacial score (nSPS) is 29.0. The molecular weight excluding hydrogens is 484 g/mol. The summed E-state index contributed by atoms with van der Waals surface area (Å²) in [6, 6.07) is 20.4. The van der Waals surface area contributed by atoms with E-state index in [9.17, 15) is 19.7 Å². The van der Waals surface area contributed by atoms with Crippen molar-refractivity contribution in [2.45, 2.75) is 24.7 Å². The number of nitrogens with zero attached hydrogens (tertiary/aromatic N) is 2. The summed E-state index contributed by atoms with van der Waals surface area (Å²) >= 11 is 3.36. The van der Waals surface area contributed by atoms with Gasteiger partial charge in [-0.2, -0.15) is 0 Å². The van der Waals surface area contributed by atoms with Crippen molar-refractivity contribution in [2.75, 3.05) is 4.90 Å². The molecule has 0 spiro atoms. The highest BCUT2D eigenvalue weighted by Crippen LogP contribution is 2.66. The maximum atomic E-state index is 14.0. The predicted octanol–water partition coefficient (Wildman–Crippen LogP) is 5.10. The van der Waals surface area contributed by atoms with Gasteiger partial charge in [0.15, 0.2) is 0 Å². The average Bonchev–Trinajstić information content (AvgIpc) is 3.08. The molecule has 3 aromatic rings. The number of hydrogen-bond donors (Lipinski definition) is 0.